The van der Waals surface area contributed by atoms with E-state index in [0.29, 0.717) is 11.7 Å². The summed E-state index contributed by atoms with van der Waals surface area (Å²) in [7, 11) is 0. The van der Waals surface area contributed by atoms with Crippen molar-refractivity contribution < 1.29 is 4.42 Å². The zero-order valence-electron chi connectivity index (χ0n) is 11.6. The first-order valence-corrected chi connectivity index (χ1v) is 6.67. The molecule has 0 bridgehead atoms. The highest BCUT2D eigenvalue weighted by Gasteiger charge is 2.14. The average Bonchev–Trinajstić information content (AvgIpc) is 2.82. The third kappa shape index (κ3) is 2.20. The van der Waals surface area contributed by atoms with Gasteiger partial charge in [0.05, 0.1) is 0 Å². The highest BCUT2D eigenvalue weighted by Crippen LogP contribution is 2.29. The van der Waals surface area contributed by atoms with Crippen LogP contribution in [0.3, 0.4) is 0 Å². The van der Waals surface area contributed by atoms with E-state index < -0.39 is 0 Å². The Morgan fingerprint density at radius 1 is 1.20 bits per heavy atom. The van der Waals surface area contributed by atoms with E-state index in [9.17, 15) is 0 Å². The Kier molecular flexibility index (Phi) is 3.06. The molecule has 1 heterocycles. The van der Waals surface area contributed by atoms with Gasteiger partial charge in [0, 0.05) is 17.9 Å². The quantitative estimate of drug-likeness (QED) is 0.732. The molecule has 20 heavy (non-hydrogen) atoms. The molecule has 0 atom stereocenters. The van der Waals surface area contributed by atoms with Crippen molar-refractivity contribution in [3.8, 4) is 0 Å². The van der Waals surface area contributed by atoms with Crippen LogP contribution in [0.15, 0.2) is 46.9 Å². The molecular weight excluding hydrogens is 250 g/mol. The molecule has 0 saturated heterocycles. The van der Waals surface area contributed by atoms with Crippen LogP contribution in [0.25, 0.3) is 11.1 Å². The number of anilines is 3. The number of aromatic nitrogens is 1. The average molecular weight is 267 g/mol. The number of aryl methyl sites for hydroxylation is 1. The molecule has 3 aromatic rings. The number of fused-ring (bicyclic) bond motifs is 1. The maximum absolute atomic E-state index is 5.83. The molecule has 2 N–H and O–H groups in total. The summed E-state index contributed by atoms with van der Waals surface area (Å²) in [6, 6.07) is 14.4. The van der Waals surface area contributed by atoms with E-state index in [1.807, 2.05) is 29.2 Å². The lowest BCUT2D eigenvalue weighted by atomic mass is 10.2. The Hall–Kier alpha value is -2.49. The molecule has 102 valence electrons. The molecule has 0 spiro atoms. The topological polar surface area (TPSA) is 55.3 Å². The summed E-state index contributed by atoms with van der Waals surface area (Å²) in [5, 5.41) is 0. The van der Waals surface area contributed by atoms with Crippen molar-refractivity contribution in [3.05, 3.63) is 48.0 Å². The first kappa shape index (κ1) is 12.5. The molecular formula is C16H17N3O. The first-order valence-electron chi connectivity index (χ1n) is 6.67. The van der Waals surface area contributed by atoms with Crippen LogP contribution in [0.1, 0.15) is 12.5 Å². The van der Waals surface area contributed by atoms with Crippen molar-refractivity contribution in [2.75, 3.05) is 17.2 Å². The molecule has 0 amide bonds. The molecule has 1 aromatic heterocycles. The van der Waals surface area contributed by atoms with Gasteiger partial charge in [-0.1, -0.05) is 12.1 Å². The third-order valence-electron chi connectivity index (χ3n) is 3.26. The van der Waals surface area contributed by atoms with E-state index in [1.54, 1.807) is 0 Å². The SMILES string of the molecule is CCN(c1cccc(C)c1)c1nc2cc(N)ccc2o1. The van der Waals surface area contributed by atoms with Crippen LogP contribution >= 0.6 is 0 Å². The van der Waals surface area contributed by atoms with Crippen LogP contribution in [0.2, 0.25) is 0 Å². The normalized spacial score (nSPS) is 10.9. The van der Waals surface area contributed by atoms with E-state index in [4.69, 9.17) is 10.2 Å². The monoisotopic (exact) mass is 267 g/mol. The summed E-state index contributed by atoms with van der Waals surface area (Å²) in [5.41, 5.74) is 10.3. The Bertz CT molecular complexity index is 748. The molecule has 0 aliphatic heterocycles. The standard InChI is InChI=1S/C16H17N3O/c1-3-19(13-6-4-5-11(2)9-13)16-18-14-10-12(17)7-8-15(14)20-16/h4-10H,3,17H2,1-2H3. The highest BCUT2D eigenvalue weighted by molar-refractivity contribution is 5.79. The lowest BCUT2D eigenvalue weighted by Crippen LogP contribution is -2.16. The predicted molar refractivity (Wildman–Crippen MR) is 82.3 cm³/mol. The first-order chi connectivity index (χ1) is 9.67. The fourth-order valence-corrected chi connectivity index (χ4v) is 2.27. The van der Waals surface area contributed by atoms with E-state index >= 15 is 0 Å². The van der Waals surface area contributed by atoms with Crippen molar-refractivity contribution in [2.24, 2.45) is 0 Å². The minimum Gasteiger partial charge on any atom is -0.423 e. The molecule has 0 aliphatic rings. The molecule has 0 radical (unpaired) electrons. The summed E-state index contributed by atoms with van der Waals surface area (Å²) >= 11 is 0. The van der Waals surface area contributed by atoms with Gasteiger partial charge in [-0.2, -0.15) is 4.98 Å². The maximum Gasteiger partial charge on any atom is 0.302 e. The van der Waals surface area contributed by atoms with Crippen LogP contribution in [0.5, 0.6) is 0 Å². The van der Waals surface area contributed by atoms with E-state index in [0.717, 1.165) is 23.3 Å². The fraction of sp³-hybridized carbons (Fsp3) is 0.188. The number of oxazole rings is 1. The second-order valence-electron chi connectivity index (χ2n) is 4.81. The van der Waals surface area contributed by atoms with Crippen LogP contribution < -0.4 is 10.6 Å². The van der Waals surface area contributed by atoms with Crippen LogP contribution in [0, 0.1) is 6.92 Å². The molecule has 0 unspecified atom stereocenters. The summed E-state index contributed by atoms with van der Waals surface area (Å²) < 4.78 is 5.83. The molecule has 0 aliphatic carbocycles. The van der Waals surface area contributed by atoms with Crippen molar-refractivity contribution in [1.29, 1.82) is 0 Å². The largest absolute Gasteiger partial charge is 0.423 e. The zero-order valence-corrected chi connectivity index (χ0v) is 11.6. The zero-order chi connectivity index (χ0) is 14.1. The molecule has 4 nitrogen and oxygen atoms in total. The second kappa shape index (κ2) is 4.89. The minimum absolute atomic E-state index is 0.596. The second-order valence-corrected chi connectivity index (χ2v) is 4.81. The van der Waals surface area contributed by atoms with Gasteiger partial charge in [0.25, 0.3) is 0 Å². The summed E-state index contributed by atoms with van der Waals surface area (Å²) in [5.74, 6) is 0. The Morgan fingerprint density at radius 2 is 2.05 bits per heavy atom. The third-order valence-corrected chi connectivity index (χ3v) is 3.26. The molecule has 0 fully saturated rings. The minimum atomic E-state index is 0.596. The smallest absolute Gasteiger partial charge is 0.302 e. The van der Waals surface area contributed by atoms with Gasteiger partial charge in [-0.05, 0) is 49.7 Å². The number of nitrogen functional groups attached to an aromatic ring is 1. The van der Waals surface area contributed by atoms with Gasteiger partial charge >= 0.3 is 6.01 Å². The van der Waals surface area contributed by atoms with Crippen molar-refractivity contribution in [2.45, 2.75) is 13.8 Å². The summed E-state index contributed by atoms with van der Waals surface area (Å²) in [6.07, 6.45) is 0. The highest BCUT2D eigenvalue weighted by atomic mass is 16.4. The van der Waals surface area contributed by atoms with Gasteiger partial charge in [-0.15, -0.1) is 0 Å². The van der Waals surface area contributed by atoms with Crippen molar-refractivity contribution >= 4 is 28.5 Å². The lowest BCUT2D eigenvalue weighted by Gasteiger charge is -2.18. The number of nitrogens with two attached hydrogens (primary N) is 1. The summed E-state index contributed by atoms with van der Waals surface area (Å²) in [6.45, 7) is 4.93. The fourth-order valence-electron chi connectivity index (χ4n) is 2.27. The molecule has 4 heteroatoms. The van der Waals surface area contributed by atoms with Crippen molar-refractivity contribution in [1.82, 2.24) is 4.98 Å². The van der Waals surface area contributed by atoms with Gasteiger partial charge in [-0.25, -0.2) is 0 Å². The van der Waals surface area contributed by atoms with Crippen LogP contribution in [-0.4, -0.2) is 11.5 Å². The summed E-state index contributed by atoms with van der Waals surface area (Å²) in [4.78, 5) is 6.57. The van der Waals surface area contributed by atoms with Gasteiger partial charge in [0.1, 0.15) is 5.52 Å². The van der Waals surface area contributed by atoms with Crippen molar-refractivity contribution in [3.63, 3.8) is 0 Å². The van der Waals surface area contributed by atoms with Gasteiger partial charge in [-0.3, -0.25) is 4.90 Å². The van der Waals surface area contributed by atoms with E-state index in [-0.39, 0.29) is 0 Å². The van der Waals surface area contributed by atoms with E-state index in [1.165, 1.54) is 5.56 Å². The number of rotatable bonds is 3. The lowest BCUT2D eigenvalue weighted by molar-refractivity contribution is 0.595. The number of nitrogens with zero attached hydrogens (tertiary/aromatic N) is 2. The Morgan fingerprint density at radius 3 is 2.80 bits per heavy atom. The number of hydrogen-bond acceptors (Lipinski definition) is 4. The Balaban J connectivity index is 2.07. The van der Waals surface area contributed by atoms with Crippen LogP contribution in [0.4, 0.5) is 17.4 Å². The van der Waals surface area contributed by atoms with Crippen LogP contribution in [-0.2, 0) is 0 Å². The number of benzene rings is 2. The van der Waals surface area contributed by atoms with Gasteiger partial charge in [0.2, 0.25) is 0 Å². The van der Waals surface area contributed by atoms with E-state index in [2.05, 4.69) is 37.0 Å². The number of hydrogen-bond donors (Lipinski definition) is 1. The van der Waals surface area contributed by atoms with Gasteiger partial charge < -0.3 is 10.2 Å². The molecule has 3 rings (SSSR count). The maximum atomic E-state index is 5.83. The molecule has 0 saturated carbocycles. The predicted octanol–water partition coefficient (Wildman–Crippen LogP) is 3.88. The van der Waals surface area contributed by atoms with Gasteiger partial charge in [0.15, 0.2) is 5.58 Å². The Labute approximate surface area is 117 Å². The molecule has 2 aromatic carbocycles.